The van der Waals surface area contributed by atoms with Crippen molar-refractivity contribution in [2.75, 3.05) is 32.8 Å². The van der Waals surface area contributed by atoms with Gasteiger partial charge in [-0.25, -0.2) is 0 Å². The normalized spacial score (nSPS) is 12.6. The number of aliphatic carboxylic acids is 1. The topological polar surface area (TPSA) is 90.2 Å². The Hall–Kier alpha value is -1.73. The van der Waals surface area contributed by atoms with E-state index in [1.165, 1.54) is 116 Å². The van der Waals surface area contributed by atoms with Crippen LogP contribution in [-0.2, 0) is 9.53 Å². The number of aliphatic hydroxyl groups excluding tert-OH is 1. The van der Waals surface area contributed by atoms with Crippen molar-refractivity contribution < 1.29 is 24.9 Å². The third kappa shape index (κ3) is 38.0. The van der Waals surface area contributed by atoms with Crippen LogP contribution in [-0.4, -0.2) is 64.8 Å². The zero-order valence-corrected chi connectivity index (χ0v) is 34.3. The predicted octanol–water partition coefficient (Wildman–Crippen LogP) is 12.6. The van der Waals surface area contributed by atoms with Crippen molar-refractivity contribution in [3.05, 3.63) is 48.6 Å². The summed E-state index contributed by atoms with van der Waals surface area (Å²) >= 11 is 0. The number of hydrogen-bond acceptors (Lipinski definition) is 5. The number of hydrogen-bond donors (Lipinski definition) is 3. The summed E-state index contributed by atoms with van der Waals surface area (Å²) in [6.07, 6.45) is 50.2. The molecule has 304 valence electrons. The smallest absolute Gasteiger partial charge is 0.304 e. The molecule has 0 amide bonds. The monoisotopic (exact) mass is 732 g/mol. The summed E-state index contributed by atoms with van der Waals surface area (Å²) in [4.78, 5) is 13.2. The molecule has 0 aliphatic rings. The number of aliphatic hydroxyl groups is 2. The van der Waals surface area contributed by atoms with Crippen molar-refractivity contribution in [1.29, 1.82) is 0 Å². The minimum absolute atomic E-state index is 0.0946. The van der Waals surface area contributed by atoms with Crippen molar-refractivity contribution in [2.45, 2.75) is 206 Å². The molecule has 6 nitrogen and oxygen atoms in total. The lowest BCUT2D eigenvalue weighted by molar-refractivity contribution is -0.214. The summed E-state index contributed by atoms with van der Waals surface area (Å²) in [5, 5.41) is 29.9. The Kier molecular flexibility index (Phi) is 39.1. The van der Waals surface area contributed by atoms with Crippen LogP contribution in [0.3, 0.4) is 0 Å². The molecule has 0 radical (unpaired) electrons. The molecule has 0 spiro atoms. The molecular formula is C46H85NO5. The molecule has 6 heteroatoms. The molecule has 0 heterocycles. The maximum absolute atomic E-state index is 11.6. The maximum atomic E-state index is 11.6. The van der Waals surface area contributed by atoms with Gasteiger partial charge in [-0.1, -0.05) is 140 Å². The van der Waals surface area contributed by atoms with Gasteiger partial charge in [0.15, 0.2) is 5.79 Å². The second-order valence-electron chi connectivity index (χ2n) is 14.9. The first-order chi connectivity index (χ1) is 25.5. The average Bonchev–Trinajstić information content (AvgIpc) is 3.13. The lowest BCUT2D eigenvalue weighted by Gasteiger charge is -2.29. The van der Waals surface area contributed by atoms with Crippen molar-refractivity contribution in [3.63, 3.8) is 0 Å². The Morgan fingerprint density at radius 1 is 0.538 bits per heavy atom. The molecule has 0 aromatic carbocycles. The average molecular weight is 732 g/mol. The Morgan fingerprint density at radius 3 is 1.37 bits per heavy atom. The zero-order valence-electron chi connectivity index (χ0n) is 34.3. The number of nitrogens with zero attached hydrogens (tertiary/aromatic N) is 1. The highest BCUT2D eigenvalue weighted by molar-refractivity contribution is 5.66. The highest BCUT2D eigenvalue weighted by Crippen LogP contribution is 2.25. The van der Waals surface area contributed by atoms with Crippen molar-refractivity contribution in [2.24, 2.45) is 0 Å². The van der Waals surface area contributed by atoms with Crippen molar-refractivity contribution in [3.8, 4) is 0 Å². The molecular weight excluding hydrogens is 647 g/mol. The number of carboxylic acid groups (broad SMARTS) is 1. The predicted molar refractivity (Wildman–Crippen MR) is 224 cm³/mol. The highest BCUT2D eigenvalue weighted by atomic mass is 16.6. The largest absolute Gasteiger partial charge is 0.481 e. The molecule has 52 heavy (non-hydrogen) atoms. The van der Waals surface area contributed by atoms with Crippen LogP contribution >= 0.6 is 0 Å². The van der Waals surface area contributed by atoms with Gasteiger partial charge in [0.25, 0.3) is 0 Å². The van der Waals surface area contributed by atoms with Gasteiger partial charge in [-0.05, 0) is 89.9 Å². The summed E-state index contributed by atoms with van der Waals surface area (Å²) in [7, 11) is 0. The molecule has 3 N–H and O–H groups in total. The van der Waals surface area contributed by atoms with E-state index in [9.17, 15) is 15.0 Å². The standard InChI is InChI=1S/C46H85NO5/c1-3-5-7-9-11-13-15-17-19-21-23-25-27-29-31-33-38-46(51,52-44-36-41-47(40-35-43-48)42-37-45(49)50)39-34-32-30-28-26-24-22-20-18-16-14-12-10-8-6-4-2/h11-14,17-20,48,51H,3-10,15-16,21-44H2,1-2H3,(H,49,50)/b13-11-,14-12-,19-17-,20-18-. The Bertz CT molecular complexity index is 819. The molecule has 0 aromatic rings. The third-order valence-corrected chi connectivity index (χ3v) is 9.80. The quantitative estimate of drug-likeness (QED) is 0.0329. The van der Waals surface area contributed by atoms with Crippen LogP contribution in [0.5, 0.6) is 0 Å². The molecule has 0 bridgehead atoms. The molecule has 0 fully saturated rings. The molecule has 0 aliphatic carbocycles. The first-order valence-electron chi connectivity index (χ1n) is 22.0. The molecule has 0 saturated heterocycles. The van der Waals surface area contributed by atoms with E-state index in [-0.39, 0.29) is 13.0 Å². The van der Waals surface area contributed by atoms with E-state index in [2.05, 4.69) is 67.4 Å². The van der Waals surface area contributed by atoms with Crippen LogP contribution < -0.4 is 0 Å². The van der Waals surface area contributed by atoms with Crippen LogP contribution in [0.2, 0.25) is 0 Å². The first kappa shape index (κ1) is 50.3. The minimum atomic E-state index is -1.08. The summed E-state index contributed by atoms with van der Waals surface area (Å²) in [6.45, 7) is 6.91. The van der Waals surface area contributed by atoms with E-state index in [0.29, 0.717) is 45.5 Å². The third-order valence-electron chi connectivity index (χ3n) is 9.80. The van der Waals surface area contributed by atoms with Gasteiger partial charge in [0.2, 0.25) is 0 Å². The second kappa shape index (κ2) is 40.5. The lowest BCUT2D eigenvalue weighted by atomic mass is 9.98. The fourth-order valence-corrected chi connectivity index (χ4v) is 6.48. The Labute approximate surface area is 322 Å². The number of allylic oxidation sites excluding steroid dienone is 8. The number of rotatable bonds is 41. The van der Waals surface area contributed by atoms with E-state index in [4.69, 9.17) is 9.84 Å². The Balaban J connectivity index is 4.42. The van der Waals surface area contributed by atoms with E-state index in [0.717, 1.165) is 44.9 Å². The van der Waals surface area contributed by atoms with E-state index >= 15 is 0 Å². The van der Waals surface area contributed by atoms with Gasteiger partial charge in [0, 0.05) is 39.1 Å². The molecule has 0 aliphatic heterocycles. The van der Waals surface area contributed by atoms with Gasteiger partial charge in [0.1, 0.15) is 0 Å². The van der Waals surface area contributed by atoms with E-state index in [1.807, 2.05) is 0 Å². The number of unbranched alkanes of at least 4 members (excludes halogenated alkanes) is 18. The maximum Gasteiger partial charge on any atom is 0.304 e. The van der Waals surface area contributed by atoms with Crippen LogP contribution in [0, 0.1) is 0 Å². The fourth-order valence-electron chi connectivity index (χ4n) is 6.48. The summed E-state index contributed by atoms with van der Waals surface area (Å²) in [5.41, 5.74) is 0. The second-order valence-corrected chi connectivity index (χ2v) is 14.9. The molecule has 0 saturated carbocycles. The van der Waals surface area contributed by atoms with Gasteiger partial charge >= 0.3 is 5.97 Å². The van der Waals surface area contributed by atoms with Crippen molar-refractivity contribution >= 4 is 5.97 Å². The minimum Gasteiger partial charge on any atom is -0.481 e. The zero-order chi connectivity index (χ0) is 38.1. The molecule has 0 aromatic heterocycles. The number of carbonyl (C=O) groups is 1. The molecule has 0 atom stereocenters. The van der Waals surface area contributed by atoms with Crippen molar-refractivity contribution in [1.82, 2.24) is 4.90 Å². The van der Waals surface area contributed by atoms with Gasteiger partial charge in [-0.3, -0.25) is 4.79 Å². The number of carboxylic acids is 1. The van der Waals surface area contributed by atoms with Gasteiger partial charge in [0.05, 0.1) is 13.0 Å². The van der Waals surface area contributed by atoms with Gasteiger partial charge < -0.3 is 25.0 Å². The summed E-state index contributed by atoms with van der Waals surface area (Å²) in [6, 6.07) is 0. The van der Waals surface area contributed by atoms with Gasteiger partial charge in [-0.2, -0.15) is 0 Å². The summed E-state index contributed by atoms with van der Waals surface area (Å²) < 4.78 is 6.20. The van der Waals surface area contributed by atoms with E-state index < -0.39 is 11.8 Å². The first-order valence-corrected chi connectivity index (χ1v) is 22.0. The SMILES string of the molecule is CCCCC/C=C\C/C=C\CCCCCCCCC(O)(CCCCCCCC/C=C\C/C=C\CCCCC)OCCCN(CCCO)CCC(=O)O. The van der Waals surface area contributed by atoms with E-state index in [1.54, 1.807) is 0 Å². The van der Waals surface area contributed by atoms with Crippen LogP contribution in [0.4, 0.5) is 0 Å². The Morgan fingerprint density at radius 2 is 0.942 bits per heavy atom. The van der Waals surface area contributed by atoms with Crippen LogP contribution in [0.25, 0.3) is 0 Å². The fraction of sp³-hybridized carbons (Fsp3) is 0.804. The van der Waals surface area contributed by atoms with Crippen LogP contribution in [0.1, 0.15) is 200 Å². The highest BCUT2D eigenvalue weighted by Gasteiger charge is 2.26. The lowest BCUT2D eigenvalue weighted by Crippen LogP contribution is -2.34. The number of ether oxygens (including phenoxy) is 1. The van der Waals surface area contributed by atoms with Gasteiger partial charge in [-0.15, -0.1) is 0 Å². The van der Waals surface area contributed by atoms with Crippen LogP contribution in [0.15, 0.2) is 48.6 Å². The molecule has 0 unspecified atom stereocenters. The molecule has 0 rings (SSSR count). The summed E-state index contributed by atoms with van der Waals surface area (Å²) in [5.74, 6) is -1.89.